The Morgan fingerprint density at radius 2 is 1.95 bits per heavy atom. The van der Waals surface area contributed by atoms with E-state index in [4.69, 9.17) is 0 Å². The van der Waals surface area contributed by atoms with Crippen molar-refractivity contribution in [3.63, 3.8) is 0 Å². The molecule has 3 nitrogen and oxygen atoms in total. The van der Waals surface area contributed by atoms with Gasteiger partial charge in [0.25, 0.3) is 0 Å². The summed E-state index contributed by atoms with van der Waals surface area (Å²) in [7, 11) is 0. The minimum absolute atomic E-state index is 0.276. The van der Waals surface area contributed by atoms with Gasteiger partial charge in [0.15, 0.2) is 0 Å². The number of amides is 1. The summed E-state index contributed by atoms with van der Waals surface area (Å²) in [6.45, 7) is 5.39. The van der Waals surface area contributed by atoms with Crippen LogP contribution in [0.3, 0.4) is 0 Å². The molecule has 4 heteroatoms. The molecule has 1 aromatic rings. The lowest BCUT2D eigenvalue weighted by atomic mass is 9.97. The van der Waals surface area contributed by atoms with Gasteiger partial charge in [-0.3, -0.25) is 9.69 Å². The zero-order valence-electron chi connectivity index (χ0n) is 13.6. The second kappa shape index (κ2) is 7.05. The Morgan fingerprint density at radius 1 is 1.23 bits per heavy atom. The van der Waals surface area contributed by atoms with Crippen LogP contribution in [-0.2, 0) is 11.2 Å². The van der Waals surface area contributed by atoms with E-state index in [0.717, 1.165) is 18.7 Å². The Labute approximate surface area is 138 Å². The summed E-state index contributed by atoms with van der Waals surface area (Å²) in [6, 6.07) is 9.64. The molecular formula is C18H26N2OS. The van der Waals surface area contributed by atoms with Crippen LogP contribution < -0.4 is 0 Å². The highest BCUT2D eigenvalue weighted by molar-refractivity contribution is 7.98. The normalized spacial score (nSPS) is 23.4. The van der Waals surface area contributed by atoms with Crippen LogP contribution in [0.4, 0.5) is 0 Å². The fourth-order valence-corrected chi connectivity index (χ4v) is 3.97. The van der Waals surface area contributed by atoms with Crippen molar-refractivity contribution in [3.05, 3.63) is 29.8 Å². The minimum atomic E-state index is 0.276. The zero-order chi connectivity index (χ0) is 15.5. The summed E-state index contributed by atoms with van der Waals surface area (Å²) in [5.41, 5.74) is 1.12. The summed E-state index contributed by atoms with van der Waals surface area (Å²) in [6.07, 6.45) is 6.60. The molecule has 2 fully saturated rings. The van der Waals surface area contributed by atoms with Crippen molar-refractivity contribution in [3.8, 4) is 0 Å². The third kappa shape index (κ3) is 3.49. The van der Waals surface area contributed by atoms with Crippen LogP contribution in [0.5, 0.6) is 0 Å². The summed E-state index contributed by atoms with van der Waals surface area (Å²) in [4.78, 5) is 18.2. The molecule has 0 unspecified atom stereocenters. The van der Waals surface area contributed by atoms with Crippen molar-refractivity contribution in [1.29, 1.82) is 0 Å². The van der Waals surface area contributed by atoms with Gasteiger partial charge in [0.05, 0.1) is 6.42 Å². The topological polar surface area (TPSA) is 23.6 Å². The number of piperidine rings is 1. The van der Waals surface area contributed by atoms with E-state index in [0.29, 0.717) is 18.5 Å². The van der Waals surface area contributed by atoms with Gasteiger partial charge in [-0.25, -0.2) is 0 Å². The second-order valence-corrected chi connectivity index (χ2v) is 7.44. The van der Waals surface area contributed by atoms with Crippen LogP contribution in [0, 0.1) is 0 Å². The summed E-state index contributed by atoms with van der Waals surface area (Å²) in [5, 5.41) is 0. The number of hydrogen-bond acceptors (Lipinski definition) is 3. The van der Waals surface area contributed by atoms with Crippen LogP contribution in [0.2, 0.25) is 0 Å². The lowest BCUT2D eigenvalue weighted by molar-refractivity contribution is -0.139. The highest BCUT2D eigenvalue weighted by Gasteiger charge is 2.37. The van der Waals surface area contributed by atoms with Crippen LogP contribution in [0.1, 0.15) is 31.7 Å². The predicted molar refractivity (Wildman–Crippen MR) is 92.3 cm³/mol. The van der Waals surface area contributed by atoms with Crippen molar-refractivity contribution >= 4 is 17.7 Å². The molecule has 22 heavy (non-hydrogen) atoms. The number of rotatable bonds is 4. The van der Waals surface area contributed by atoms with Crippen LogP contribution in [0.15, 0.2) is 29.2 Å². The zero-order valence-corrected chi connectivity index (χ0v) is 14.4. The van der Waals surface area contributed by atoms with Crippen LogP contribution >= 0.6 is 11.8 Å². The van der Waals surface area contributed by atoms with E-state index in [1.165, 1.54) is 30.7 Å². The predicted octanol–water partition coefficient (Wildman–Crippen LogP) is 3.04. The van der Waals surface area contributed by atoms with Gasteiger partial charge < -0.3 is 4.90 Å². The molecule has 0 saturated carbocycles. The minimum Gasteiger partial charge on any atom is -0.339 e. The molecule has 2 aliphatic heterocycles. The summed E-state index contributed by atoms with van der Waals surface area (Å²) < 4.78 is 0. The van der Waals surface area contributed by atoms with Gasteiger partial charge in [0.1, 0.15) is 0 Å². The average molecular weight is 318 g/mol. The smallest absolute Gasteiger partial charge is 0.227 e. The molecular weight excluding hydrogens is 292 g/mol. The largest absolute Gasteiger partial charge is 0.339 e. The van der Waals surface area contributed by atoms with Gasteiger partial charge in [0.2, 0.25) is 5.91 Å². The molecule has 120 valence electrons. The monoisotopic (exact) mass is 318 g/mol. The molecule has 0 N–H and O–H groups in total. The van der Waals surface area contributed by atoms with Gasteiger partial charge in [-0.15, -0.1) is 11.8 Å². The maximum Gasteiger partial charge on any atom is 0.227 e. The third-order valence-electron chi connectivity index (χ3n) is 5.05. The summed E-state index contributed by atoms with van der Waals surface area (Å²) >= 11 is 1.73. The average Bonchev–Trinajstić information content (AvgIpc) is 2.48. The first kappa shape index (κ1) is 15.9. The number of hydrogen-bond donors (Lipinski definition) is 0. The second-order valence-electron chi connectivity index (χ2n) is 6.56. The Balaban J connectivity index is 1.48. The van der Waals surface area contributed by atoms with Gasteiger partial charge in [-0.05, 0) is 50.3 Å². The standard InChI is InChI=1S/C18H26N2OS/c1-14-5-3-4-10-20(14)16-12-19(13-16)18(21)11-15-6-8-17(22-2)9-7-15/h6-9,14,16H,3-5,10-13H2,1-2H3/t14-/m0/s1. The highest BCUT2D eigenvalue weighted by atomic mass is 32.2. The molecule has 0 radical (unpaired) electrons. The van der Waals surface area contributed by atoms with Crippen molar-refractivity contribution in [2.45, 2.75) is 49.6 Å². The molecule has 2 saturated heterocycles. The number of benzene rings is 1. The number of nitrogens with zero attached hydrogens (tertiary/aromatic N) is 2. The van der Waals surface area contributed by atoms with E-state index in [9.17, 15) is 4.79 Å². The first-order chi connectivity index (χ1) is 10.7. The van der Waals surface area contributed by atoms with Crippen molar-refractivity contribution in [2.24, 2.45) is 0 Å². The van der Waals surface area contributed by atoms with Crippen molar-refractivity contribution < 1.29 is 4.79 Å². The van der Waals surface area contributed by atoms with Gasteiger partial charge in [-0.2, -0.15) is 0 Å². The molecule has 0 spiro atoms. The first-order valence-corrected chi connectivity index (χ1v) is 9.56. The maximum absolute atomic E-state index is 12.4. The fourth-order valence-electron chi connectivity index (χ4n) is 3.56. The molecule has 1 aromatic carbocycles. The van der Waals surface area contributed by atoms with E-state index in [-0.39, 0.29) is 5.91 Å². The molecule has 3 rings (SSSR count). The molecule has 2 aliphatic rings. The van der Waals surface area contributed by atoms with Crippen molar-refractivity contribution in [2.75, 3.05) is 25.9 Å². The fraction of sp³-hybridized carbons (Fsp3) is 0.611. The van der Waals surface area contributed by atoms with Crippen LogP contribution in [0.25, 0.3) is 0 Å². The third-order valence-corrected chi connectivity index (χ3v) is 5.80. The van der Waals surface area contributed by atoms with E-state index >= 15 is 0 Å². The van der Waals surface area contributed by atoms with Gasteiger partial charge >= 0.3 is 0 Å². The Morgan fingerprint density at radius 3 is 2.59 bits per heavy atom. The maximum atomic E-state index is 12.4. The SMILES string of the molecule is CSc1ccc(CC(=O)N2CC(N3CCCC[C@@H]3C)C2)cc1. The number of likely N-dealkylation sites (tertiary alicyclic amines) is 2. The highest BCUT2D eigenvalue weighted by Crippen LogP contribution is 2.25. The summed E-state index contributed by atoms with van der Waals surface area (Å²) in [5.74, 6) is 0.276. The quantitative estimate of drug-likeness (QED) is 0.797. The van der Waals surface area contributed by atoms with Crippen molar-refractivity contribution in [1.82, 2.24) is 9.80 Å². The van der Waals surface area contributed by atoms with E-state index in [2.05, 4.69) is 42.3 Å². The lowest BCUT2D eigenvalue weighted by Crippen LogP contribution is -2.63. The van der Waals surface area contributed by atoms with E-state index in [1.807, 2.05) is 4.90 Å². The number of thioether (sulfide) groups is 1. The molecule has 0 aromatic heterocycles. The number of carbonyl (C=O) groups excluding carboxylic acids is 1. The van der Waals surface area contributed by atoms with Gasteiger partial charge in [-0.1, -0.05) is 18.6 Å². The molecule has 2 heterocycles. The molecule has 1 atom stereocenters. The number of carbonyl (C=O) groups is 1. The first-order valence-electron chi connectivity index (χ1n) is 8.34. The molecule has 1 amide bonds. The van der Waals surface area contributed by atoms with E-state index in [1.54, 1.807) is 11.8 Å². The Kier molecular flexibility index (Phi) is 5.09. The molecule has 0 bridgehead atoms. The Bertz CT molecular complexity index is 510. The van der Waals surface area contributed by atoms with Crippen LogP contribution in [-0.4, -0.2) is 53.7 Å². The Hall–Kier alpha value is -1.00. The molecule has 0 aliphatic carbocycles. The van der Waals surface area contributed by atoms with E-state index < -0.39 is 0 Å². The lowest BCUT2D eigenvalue weighted by Gasteiger charge is -2.49. The van der Waals surface area contributed by atoms with Gasteiger partial charge in [0, 0.05) is 30.1 Å².